The van der Waals surface area contributed by atoms with Crippen molar-refractivity contribution in [3.05, 3.63) is 60.3 Å². The second-order valence-corrected chi connectivity index (χ2v) is 5.68. The smallest absolute Gasteiger partial charge is 0.251 e. The van der Waals surface area contributed by atoms with Crippen molar-refractivity contribution in [2.45, 2.75) is 0 Å². The van der Waals surface area contributed by atoms with Crippen LogP contribution < -0.4 is 20.1 Å². The third-order valence-electron chi connectivity index (χ3n) is 3.96. The number of anilines is 1. The minimum atomic E-state index is -0.387. The van der Waals surface area contributed by atoms with E-state index in [0.717, 1.165) is 5.39 Å². The van der Waals surface area contributed by atoms with Crippen LogP contribution in [-0.4, -0.2) is 37.6 Å². The highest BCUT2D eigenvalue weighted by Crippen LogP contribution is 2.27. The molecule has 0 radical (unpaired) electrons. The number of benzene rings is 2. The Hall–Kier alpha value is -3.61. The van der Waals surface area contributed by atoms with Gasteiger partial charge >= 0.3 is 0 Å². The normalized spacial score (nSPS) is 10.3. The zero-order valence-electron chi connectivity index (χ0n) is 15.0. The molecule has 0 saturated heterocycles. The number of aromatic nitrogens is 1. The first kappa shape index (κ1) is 18.2. The Morgan fingerprint density at radius 2 is 1.78 bits per heavy atom. The van der Waals surface area contributed by atoms with Gasteiger partial charge in [0.25, 0.3) is 5.91 Å². The van der Waals surface area contributed by atoms with Gasteiger partial charge in [0.2, 0.25) is 5.91 Å². The molecule has 3 aromatic rings. The third-order valence-corrected chi connectivity index (χ3v) is 3.96. The minimum absolute atomic E-state index is 0.170. The molecular formula is C20H19N3O4. The fourth-order valence-electron chi connectivity index (χ4n) is 2.64. The van der Waals surface area contributed by atoms with Gasteiger partial charge in [0.05, 0.1) is 32.0 Å². The summed E-state index contributed by atoms with van der Waals surface area (Å²) in [6, 6.07) is 14.1. The molecule has 0 saturated carbocycles. The van der Waals surface area contributed by atoms with Gasteiger partial charge in [0, 0.05) is 17.1 Å². The molecule has 0 fully saturated rings. The number of carbonyl (C=O) groups is 2. The largest absolute Gasteiger partial charge is 0.493 e. The minimum Gasteiger partial charge on any atom is -0.493 e. The monoisotopic (exact) mass is 365 g/mol. The number of pyridine rings is 1. The lowest BCUT2D eigenvalue weighted by molar-refractivity contribution is -0.115. The van der Waals surface area contributed by atoms with Crippen molar-refractivity contribution in [1.29, 1.82) is 0 Å². The van der Waals surface area contributed by atoms with E-state index in [1.807, 2.05) is 24.3 Å². The quantitative estimate of drug-likeness (QED) is 0.701. The summed E-state index contributed by atoms with van der Waals surface area (Å²) in [7, 11) is 3.01. The van der Waals surface area contributed by atoms with E-state index in [1.54, 1.807) is 30.5 Å². The summed E-state index contributed by atoms with van der Waals surface area (Å²) in [5.41, 5.74) is 1.66. The molecule has 138 valence electrons. The van der Waals surface area contributed by atoms with E-state index in [2.05, 4.69) is 15.6 Å². The second kappa shape index (κ2) is 8.18. The fraction of sp³-hybridized carbons (Fsp3) is 0.150. The summed E-state index contributed by atoms with van der Waals surface area (Å²) >= 11 is 0. The van der Waals surface area contributed by atoms with Gasteiger partial charge in [-0.05, 0) is 30.3 Å². The lowest BCUT2D eigenvalue weighted by atomic mass is 10.2. The van der Waals surface area contributed by atoms with Gasteiger partial charge in [0.15, 0.2) is 11.5 Å². The Balaban J connectivity index is 1.64. The van der Waals surface area contributed by atoms with Crippen LogP contribution >= 0.6 is 0 Å². The lowest BCUT2D eigenvalue weighted by Gasteiger charge is -2.11. The zero-order chi connectivity index (χ0) is 19.2. The van der Waals surface area contributed by atoms with Crippen LogP contribution in [0.3, 0.4) is 0 Å². The Labute approximate surface area is 156 Å². The molecule has 2 amide bonds. The van der Waals surface area contributed by atoms with E-state index in [1.165, 1.54) is 14.2 Å². The molecule has 3 rings (SSSR count). The van der Waals surface area contributed by atoms with Crippen molar-refractivity contribution in [2.24, 2.45) is 0 Å². The molecule has 2 N–H and O–H groups in total. The molecule has 0 aliphatic carbocycles. The number of nitrogens with zero attached hydrogens (tertiary/aromatic N) is 1. The zero-order valence-corrected chi connectivity index (χ0v) is 15.0. The molecule has 0 atom stereocenters. The molecule has 0 aliphatic rings. The van der Waals surface area contributed by atoms with Crippen molar-refractivity contribution in [1.82, 2.24) is 10.3 Å². The molecule has 0 unspecified atom stereocenters. The van der Waals surface area contributed by atoms with Gasteiger partial charge in [-0.2, -0.15) is 0 Å². The molecule has 7 heteroatoms. The van der Waals surface area contributed by atoms with E-state index in [9.17, 15) is 9.59 Å². The Morgan fingerprint density at radius 1 is 1.00 bits per heavy atom. The standard InChI is InChI=1S/C20H19N3O4/c1-26-16-9-8-14(11-17(16)27-2)20(25)22-12-18(24)23-15-7-3-5-13-6-4-10-21-19(13)15/h3-11H,12H2,1-2H3,(H,22,25)(H,23,24). The molecule has 1 heterocycles. The Bertz CT molecular complexity index is 983. The van der Waals surface area contributed by atoms with E-state index < -0.39 is 0 Å². The molecule has 0 spiro atoms. The summed E-state index contributed by atoms with van der Waals surface area (Å²) in [4.78, 5) is 28.8. The van der Waals surface area contributed by atoms with E-state index >= 15 is 0 Å². The van der Waals surface area contributed by atoms with Crippen LogP contribution in [0.1, 0.15) is 10.4 Å². The van der Waals surface area contributed by atoms with Crippen molar-refractivity contribution >= 4 is 28.4 Å². The molecular weight excluding hydrogens is 346 g/mol. The van der Waals surface area contributed by atoms with Crippen LogP contribution in [0.5, 0.6) is 11.5 Å². The molecule has 0 bridgehead atoms. The number of fused-ring (bicyclic) bond motifs is 1. The van der Waals surface area contributed by atoms with Crippen LogP contribution in [0.15, 0.2) is 54.7 Å². The van der Waals surface area contributed by atoms with Crippen LogP contribution in [-0.2, 0) is 4.79 Å². The summed E-state index contributed by atoms with van der Waals surface area (Å²) < 4.78 is 10.3. The highest BCUT2D eigenvalue weighted by molar-refractivity contribution is 6.03. The number of hydrogen-bond donors (Lipinski definition) is 2. The maximum Gasteiger partial charge on any atom is 0.251 e. The first-order chi connectivity index (χ1) is 13.1. The maximum absolute atomic E-state index is 12.3. The van der Waals surface area contributed by atoms with Gasteiger partial charge in [-0.3, -0.25) is 14.6 Å². The van der Waals surface area contributed by atoms with Crippen LogP contribution in [0.2, 0.25) is 0 Å². The highest BCUT2D eigenvalue weighted by Gasteiger charge is 2.12. The predicted molar refractivity (Wildman–Crippen MR) is 102 cm³/mol. The van der Waals surface area contributed by atoms with Gasteiger partial charge < -0.3 is 20.1 Å². The first-order valence-electron chi connectivity index (χ1n) is 8.26. The fourth-order valence-corrected chi connectivity index (χ4v) is 2.64. The van der Waals surface area contributed by atoms with E-state index in [4.69, 9.17) is 9.47 Å². The van der Waals surface area contributed by atoms with Crippen LogP contribution in [0.4, 0.5) is 5.69 Å². The van der Waals surface area contributed by atoms with Gasteiger partial charge in [-0.1, -0.05) is 18.2 Å². The van der Waals surface area contributed by atoms with Gasteiger partial charge in [0.1, 0.15) is 0 Å². The SMILES string of the molecule is COc1ccc(C(=O)NCC(=O)Nc2cccc3cccnc23)cc1OC. The van der Waals surface area contributed by atoms with E-state index in [0.29, 0.717) is 28.3 Å². The lowest BCUT2D eigenvalue weighted by Crippen LogP contribution is -2.32. The molecule has 27 heavy (non-hydrogen) atoms. The second-order valence-electron chi connectivity index (χ2n) is 5.68. The summed E-state index contributed by atoms with van der Waals surface area (Å²) in [6.45, 7) is -0.170. The number of hydrogen-bond acceptors (Lipinski definition) is 5. The van der Waals surface area contributed by atoms with Crippen LogP contribution in [0, 0.1) is 0 Å². The molecule has 7 nitrogen and oxygen atoms in total. The van der Waals surface area contributed by atoms with Crippen molar-refractivity contribution in [3.63, 3.8) is 0 Å². The number of rotatable bonds is 6. The molecule has 0 aliphatic heterocycles. The summed E-state index contributed by atoms with van der Waals surface area (Å²) in [6.07, 6.45) is 1.66. The number of amides is 2. The highest BCUT2D eigenvalue weighted by atomic mass is 16.5. The number of ether oxygens (including phenoxy) is 2. The number of methoxy groups -OCH3 is 2. The average Bonchev–Trinajstić information content (AvgIpc) is 2.71. The van der Waals surface area contributed by atoms with Gasteiger partial charge in [-0.15, -0.1) is 0 Å². The summed E-state index contributed by atoms with van der Waals surface area (Å²) in [5, 5.41) is 6.28. The van der Waals surface area contributed by atoms with Crippen molar-refractivity contribution in [2.75, 3.05) is 26.1 Å². The third kappa shape index (κ3) is 4.14. The maximum atomic E-state index is 12.3. The topological polar surface area (TPSA) is 89.5 Å². The number of para-hydroxylation sites is 1. The number of carbonyl (C=O) groups excluding carboxylic acids is 2. The van der Waals surface area contributed by atoms with Crippen molar-refractivity contribution in [3.8, 4) is 11.5 Å². The van der Waals surface area contributed by atoms with Gasteiger partial charge in [-0.25, -0.2) is 0 Å². The first-order valence-corrected chi connectivity index (χ1v) is 8.26. The molecule has 2 aromatic carbocycles. The van der Waals surface area contributed by atoms with Crippen LogP contribution in [0.25, 0.3) is 10.9 Å². The molecule has 1 aromatic heterocycles. The van der Waals surface area contributed by atoms with E-state index in [-0.39, 0.29) is 18.4 Å². The Kier molecular flexibility index (Phi) is 5.51. The van der Waals surface area contributed by atoms with Crippen molar-refractivity contribution < 1.29 is 19.1 Å². The number of nitrogens with one attached hydrogen (secondary N) is 2. The Morgan fingerprint density at radius 3 is 2.56 bits per heavy atom. The summed E-state index contributed by atoms with van der Waals surface area (Å²) in [5.74, 6) is 0.232. The average molecular weight is 365 g/mol. The predicted octanol–water partition coefficient (Wildman–Crippen LogP) is 2.62.